The van der Waals surface area contributed by atoms with Crippen molar-refractivity contribution < 1.29 is 22.6 Å². The SMILES string of the molecule is CN=C(NCc1ccc(OCCOC)cc1)N1CCN(C(C)C(F)(F)F)CC1. The normalized spacial score (nSPS) is 17.5. The first-order chi connectivity index (χ1) is 13.3. The Bertz CT molecular complexity index is 615. The molecule has 1 fully saturated rings. The number of alkyl halides is 3. The highest BCUT2D eigenvalue weighted by Gasteiger charge is 2.41. The fourth-order valence-corrected chi connectivity index (χ4v) is 2.99. The van der Waals surface area contributed by atoms with E-state index in [-0.39, 0.29) is 0 Å². The Balaban J connectivity index is 1.80. The Labute approximate surface area is 164 Å². The molecule has 0 saturated carbocycles. The minimum atomic E-state index is -4.19. The number of nitrogens with one attached hydrogen (secondary N) is 1. The van der Waals surface area contributed by atoms with Crippen LogP contribution in [0.15, 0.2) is 29.3 Å². The quantitative estimate of drug-likeness (QED) is 0.431. The van der Waals surface area contributed by atoms with Crippen LogP contribution in [0.3, 0.4) is 0 Å². The second-order valence-corrected chi connectivity index (χ2v) is 6.63. The highest BCUT2D eigenvalue weighted by atomic mass is 19.4. The molecule has 1 aliphatic heterocycles. The van der Waals surface area contributed by atoms with Crippen molar-refractivity contribution in [3.63, 3.8) is 0 Å². The van der Waals surface area contributed by atoms with Gasteiger partial charge in [-0.25, -0.2) is 0 Å². The number of aliphatic imine (C=N–C) groups is 1. The largest absolute Gasteiger partial charge is 0.491 e. The number of hydrogen-bond acceptors (Lipinski definition) is 4. The van der Waals surface area contributed by atoms with Crippen LogP contribution in [0, 0.1) is 0 Å². The first-order valence-electron chi connectivity index (χ1n) is 9.32. The van der Waals surface area contributed by atoms with Crippen molar-refractivity contribution in [3.8, 4) is 5.75 Å². The molecule has 0 aromatic heterocycles. The van der Waals surface area contributed by atoms with Gasteiger partial charge in [-0.1, -0.05) is 12.1 Å². The van der Waals surface area contributed by atoms with Crippen LogP contribution in [0.4, 0.5) is 13.2 Å². The van der Waals surface area contributed by atoms with Crippen molar-refractivity contribution in [2.24, 2.45) is 4.99 Å². The predicted molar refractivity (Wildman–Crippen MR) is 103 cm³/mol. The molecule has 9 heteroatoms. The number of methoxy groups -OCH3 is 1. The van der Waals surface area contributed by atoms with Gasteiger partial charge in [-0.2, -0.15) is 13.2 Å². The molecule has 0 amide bonds. The summed E-state index contributed by atoms with van der Waals surface area (Å²) in [6, 6.07) is 6.30. The zero-order valence-corrected chi connectivity index (χ0v) is 16.6. The zero-order valence-electron chi connectivity index (χ0n) is 16.6. The van der Waals surface area contributed by atoms with E-state index in [1.54, 1.807) is 14.2 Å². The summed E-state index contributed by atoms with van der Waals surface area (Å²) in [5, 5.41) is 3.28. The number of ether oxygens (including phenoxy) is 2. The second-order valence-electron chi connectivity index (χ2n) is 6.63. The molecule has 1 unspecified atom stereocenters. The average Bonchev–Trinajstić information content (AvgIpc) is 2.69. The van der Waals surface area contributed by atoms with Gasteiger partial charge in [-0.15, -0.1) is 0 Å². The highest BCUT2D eigenvalue weighted by molar-refractivity contribution is 5.80. The van der Waals surface area contributed by atoms with Crippen LogP contribution < -0.4 is 10.1 Å². The van der Waals surface area contributed by atoms with Gasteiger partial charge in [0.15, 0.2) is 5.96 Å². The molecule has 1 saturated heterocycles. The standard InChI is InChI=1S/C19H29F3N4O2/c1-15(19(20,21)22)25-8-10-26(11-9-25)18(23-2)24-14-16-4-6-17(7-5-16)28-13-12-27-3/h4-7,15H,8-14H2,1-3H3,(H,23,24). The first-order valence-corrected chi connectivity index (χ1v) is 9.32. The lowest BCUT2D eigenvalue weighted by Gasteiger charge is -2.39. The Hall–Kier alpha value is -2.00. The molecule has 28 heavy (non-hydrogen) atoms. The average molecular weight is 402 g/mol. The predicted octanol–water partition coefficient (Wildman–Crippen LogP) is 2.36. The van der Waals surface area contributed by atoms with Crippen molar-refractivity contribution in [2.45, 2.75) is 25.7 Å². The maximum absolute atomic E-state index is 12.9. The maximum Gasteiger partial charge on any atom is 0.403 e. The molecule has 1 heterocycles. The van der Waals surface area contributed by atoms with Crippen LogP contribution in [0.2, 0.25) is 0 Å². The van der Waals surface area contributed by atoms with Crippen molar-refractivity contribution in [1.29, 1.82) is 0 Å². The van der Waals surface area contributed by atoms with E-state index in [9.17, 15) is 13.2 Å². The van der Waals surface area contributed by atoms with Crippen molar-refractivity contribution >= 4 is 5.96 Å². The summed E-state index contributed by atoms with van der Waals surface area (Å²) in [5.74, 6) is 1.47. The van der Waals surface area contributed by atoms with Crippen LogP contribution in [0.1, 0.15) is 12.5 Å². The van der Waals surface area contributed by atoms with Crippen LogP contribution in [-0.4, -0.2) is 81.5 Å². The molecule has 1 aromatic carbocycles. The summed E-state index contributed by atoms with van der Waals surface area (Å²) in [7, 11) is 3.31. The van der Waals surface area contributed by atoms with Gasteiger partial charge in [-0.05, 0) is 24.6 Å². The molecule has 2 rings (SSSR count). The van der Waals surface area contributed by atoms with E-state index in [2.05, 4.69) is 10.3 Å². The Morgan fingerprint density at radius 1 is 1.14 bits per heavy atom. The summed E-state index contributed by atoms with van der Waals surface area (Å²) in [5.41, 5.74) is 1.06. The number of piperazine rings is 1. The number of halogens is 3. The Kier molecular flexibility index (Phi) is 8.37. The molecule has 0 bridgehead atoms. The molecule has 0 aliphatic carbocycles. The lowest BCUT2D eigenvalue weighted by molar-refractivity contribution is -0.181. The summed E-state index contributed by atoms with van der Waals surface area (Å²) in [6.45, 7) is 4.55. The lowest BCUT2D eigenvalue weighted by atomic mass is 10.2. The van der Waals surface area contributed by atoms with Gasteiger partial charge in [0.05, 0.1) is 6.61 Å². The van der Waals surface area contributed by atoms with E-state index in [0.29, 0.717) is 51.9 Å². The second kappa shape index (κ2) is 10.5. The monoisotopic (exact) mass is 402 g/mol. The summed E-state index contributed by atoms with van der Waals surface area (Å²) in [6.07, 6.45) is -4.19. The molecule has 1 N–H and O–H groups in total. The van der Waals surface area contributed by atoms with Crippen molar-refractivity contribution in [2.75, 3.05) is 53.6 Å². The van der Waals surface area contributed by atoms with Crippen LogP contribution in [0.5, 0.6) is 5.75 Å². The third-order valence-electron chi connectivity index (χ3n) is 4.78. The van der Waals surface area contributed by atoms with Gasteiger partial charge >= 0.3 is 6.18 Å². The fourth-order valence-electron chi connectivity index (χ4n) is 2.99. The molecule has 1 atom stereocenters. The van der Waals surface area contributed by atoms with E-state index in [0.717, 1.165) is 11.3 Å². The summed E-state index contributed by atoms with van der Waals surface area (Å²) in [4.78, 5) is 7.72. The van der Waals surface area contributed by atoms with Crippen LogP contribution in [-0.2, 0) is 11.3 Å². The smallest absolute Gasteiger partial charge is 0.403 e. The van der Waals surface area contributed by atoms with E-state index in [1.807, 2.05) is 29.2 Å². The van der Waals surface area contributed by atoms with Gasteiger partial charge in [0.25, 0.3) is 0 Å². The number of hydrogen-bond donors (Lipinski definition) is 1. The van der Waals surface area contributed by atoms with Crippen molar-refractivity contribution in [3.05, 3.63) is 29.8 Å². The Morgan fingerprint density at radius 2 is 1.79 bits per heavy atom. The maximum atomic E-state index is 12.9. The molecular weight excluding hydrogens is 373 g/mol. The lowest BCUT2D eigenvalue weighted by Crippen LogP contribution is -2.56. The molecule has 6 nitrogen and oxygen atoms in total. The molecular formula is C19H29F3N4O2. The van der Waals surface area contributed by atoms with Crippen LogP contribution >= 0.6 is 0 Å². The van der Waals surface area contributed by atoms with E-state index < -0.39 is 12.2 Å². The highest BCUT2D eigenvalue weighted by Crippen LogP contribution is 2.25. The van der Waals surface area contributed by atoms with E-state index >= 15 is 0 Å². The summed E-state index contributed by atoms with van der Waals surface area (Å²) < 4.78 is 49.1. The zero-order chi connectivity index (χ0) is 20.6. The third kappa shape index (κ3) is 6.56. The van der Waals surface area contributed by atoms with Gasteiger partial charge in [0.2, 0.25) is 0 Å². The van der Waals surface area contributed by atoms with Gasteiger partial charge in [0.1, 0.15) is 18.4 Å². The number of guanidine groups is 1. The number of rotatable bonds is 7. The Morgan fingerprint density at radius 3 is 2.32 bits per heavy atom. The minimum absolute atomic E-state index is 0.356. The number of benzene rings is 1. The molecule has 1 aromatic rings. The molecule has 0 radical (unpaired) electrons. The fraction of sp³-hybridized carbons (Fsp3) is 0.632. The topological polar surface area (TPSA) is 49.3 Å². The van der Waals surface area contributed by atoms with Gasteiger partial charge in [0, 0.05) is 46.9 Å². The molecule has 0 spiro atoms. The van der Waals surface area contributed by atoms with E-state index in [4.69, 9.17) is 9.47 Å². The van der Waals surface area contributed by atoms with Crippen molar-refractivity contribution in [1.82, 2.24) is 15.1 Å². The van der Waals surface area contributed by atoms with Crippen LogP contribution in [0.25, 0.3) is 0 Å². The van der Waals surface area contributed by atoms with E-state index in [1.165, 1.54) is 11.8 Å². The first kappa shape index (κ1) is 22.3. The van der Waals surface area contributed by atoms with Gasteiger partial charge in [-0.3, -0.25) is 9.89 Å². The van der Waals surface area contributed by atoms with Gasteiger partial charge < -0.3 is 19.7 Å². The summed E-state index contributed by atoms with van der Waals surface area (Å²) >= 11 is 0. The minimum Gasteiger partial charge on any atom is -0.491 e. The number of nitrogens with zero attached hydrogens (tertiary/aromatic N) is 3. The molecule has 1 aliphatic rings. The molecule has 158 valence electrons. The third-order valence-corrected chi connectivity index (χ3v) is 4.78.